The maximum atomic E-state index is 11.0. The van der Waals surface area contributed by atoms with E-state index in [1.165, 1.54) is 7.11 Å². The third-order valence-corrected chi connectivity index (χ3v) is 2.72. The molecule has 0 bridgehead atoms. The van der Waals surface area contributed by atoms with Gasteiger partial charge >= 0.3 is 74.9 Å². The Morgan fingerprint density at radius 3 is 2.50 bits per heavy atom. The van der Waals surface area contributed by atoms with Crippen molar-refractivity contribution in [3.05, 3.63) is 29.8 Å². The van der Waals surface area contributed by atoms with Crippen LogP contribution in [0, 0.1) is 0 Å². The van der Waals surface area contributed by atoms with E-state index in [0.29, 0.717) is 5.56 Å². The van der Waals surface area contributed by atoms with Crippen molar-refractivity contribution in [2.75, 3.05) is 7.11 Å². The minimum atomic E-state index is -0.244. The summed E-state index contributed by atoms with van der Waals surface area (Å²) in [4.78, 5) is 11.0. The quantitative estimate of drug-likeness (QED) is 0.441. The predicted molar refractivity (Wildman–Crippen MR) is 52.8 cm³/mol. The van der Waals surface area contributed by atoms with Crippen LogP contribution in [0.3, 0.4) is 0 Å². The topological polar surface area (TPSA) is 26.3 Å². The third-order valence-electron chi connectivity index (χ3n) is 1.42. The smallest absolute Gasteiger partial charge is 0.107 e. The Balaban J connectivity index is 0.00000121. The summed E-state index contributed by atoms with van der Waals surface area (Å²) >= 11 is 0.977. The molecule has 4 heteroatoms. The Bertz CT molecular complexity index is 276. The third kappa shape index (κ3) is 2.83. The Kier molecular flexibility index (Phi) is 5.67. The number of carbonyl (C=O) groups is 1. The van der Waals surface area contributed by atoms with Gasteiger partial charge in [-0.1, -0.05) is 0 Å². The van der Waals surface area contributed by atoms with Crippen molar-refractivity contribution in [1.29, 1.82) is 0 Å². The molecule has 1 rings (SSSR count). The fourth-order valence-electron chi connectivity index (χ4n) is 0.829. The number of esters is 1. The largest absolute Gasteiger partial charge is 0.107 e. The van der Waals surface area contributed by atoms with Crippen LogP contribution < -0.4 is 4.16 Å². The molecule has 2 nitrogen and oxygen atoms in total. The molecule has 0 amide bonds. The van der Waals surface area contributed by atoms with Gasteiger partial charge in [0.25, 0.3) is 0 Å². The van der Waals surface area contributed by atoms with E-state index in [1.807, 2.05) is 18.2 Å². The molecule has 12 heavy (non-hydrogen) atoms. The van der Waals surface area contributed by atoms with E-state index in [0.717, 1.165) is 22.5 Å². The number of benzene rings is 1. The molecule has 1 aromatic carbocycles. The van der Waals surface area contributed by atoms with Gasteiger partial charge in [-0.2, -0.15) is 0 Å². The Morgan fingerprint density at radius 2 is 2.00 bits per heavy atom. The molecule has 0 saturated carbocycles. The van der Waals surface area contributed by atoms with Gasteiger partial charge < -0.3 is 0 Å². The van der Waals surface area contributed by atoms with Crippen LogP contribution in [0.25, 0.3) is 0 Å². The number of halogens is 1. The fraction of sp³-hybridized carbons (Fsp3) is 0.125. The van der Waals surface area contributed by atoms with Crippen molar-refractivity contribution in [3.63, 3.8) is 0 Å². The molecule has 1 aromatic rings. The summed E-state index contributed by atoms with van der Waals surface area (Å²) in [5.74, 6) is -0.244. The summed E-state index contributed by atoms with van der Waals surface area (Å²) in [5, 5.41) is 0. The number of rotatable bonds is 1. The zero-order valence-electron chi connectivity index (χ0n) is 6.74. The van der Waals surface area contributed by atoms with Crippen molar-refractivity contribution in [2.24, 2.45) is 0 Å². The molecule has 0 aliphatic carbocycles. The minimum absolute atomic E-state index is 0. The van der Waals surface area contributed by atoms with Gasteiger partial charge in [0.15, 0.2) is 0 Å². The summed E-state index contributed by atoms with van der Waals surface area (Å²) in [6.07, 6.45) is 0. The van der Waals surface area contributed by atoms with Crippen LogP contribution in [0.2, 0.25) is 0 Å². The van der Waals surface area contributed by atoms with Crippen molar-refractivity contribution in [1.82, 2.24) is 0 Å². The van der Waals surface area contributed by atoms with Crippen LogP contribution in [0.5, 0.6) is 0 Å². The normalized spacial score (nSPS) is 8.58. The molecule has 0 fully saturated rings. The van der Waals surface area contributed by atoms with Crippen LogP contribution in [0.1, 0.15) is 10.4 Å². The fourth-order valence-corrected chi connectivity index (χ4v) is 1.67. The Hall–Kier alpha value is 0.0434. The van der Waals surface area contributed by atoms with Gasteiger partial charge in [0, 0.05) is 0 Å². The molecule has 0 atom stereocenters. The average molecular weight is 328 g/mol. The van der Waals surface area contributed by atoms with Gasteiger partial charge in [-0.05, 0) is 0 Å². The molecule has 0 heterocycles. The van der Waals surface area contributed by atoms with E-state index in [1.54, 1.807) is 6.07 Å². The molecule has 0 saturated heterocycles. The van der Waals surface area contributed by atoms with Crippen LogP contribution in [-0.4, -0.2) is 13.1 Å². The van der Waals surface area contributed by atoms with Gasteiger partial charge in [-0.15, -0.1) is 24.0 Å². The molecular formula is C8H8IO2Zn. The van der Waals surface area contributed by atoms with Crippen molar-refractivity contribution < 1.29 is 27.8 Å². The van der Waals surface area contributed by atoms with E-state index in [-0.39, 0.29) is 29.9 Å². The Labute approximate surface area is 98.4 Å². The monoisotopic (exact) mass is 327 g/mol. The van der Waals surface area contributed by atoms with Crippen molar-refractivity contribution in [2.45, 2.75) is 0 Å². The van der Waals surface area contributed by atoms with Gasteiger partial charge in [0.2, 0.25) is 0 Å². The van der Waals surface area contributed by atoms with Crippen LogP contribution in [0.4, 0.5) is 0 Å². The molecule has 0 N–H and O–H groups in total. The van der Waals surface area contributed by atoms with Crippen molar-refractivity contribution in [3.8, 4) is 0 Å². The first kappa shape index (κ1) is 12.0. The maximum Gasteiger partial charge on any atom is -0.107 e. The van der Waals surface area contributed by atoms with E-state index in [9.17, 15) is 4.79 Å². The molecular weight excluding hydrogens is 320 g/mol. The second-order valence-corrected chi connectivity index (χ2v) is 3.75. The number of methoxy groups -OCH3 is 1. The second kappa shape index (κ2) is 5.65. The van der Waals surface area contributed by atoms with Gasteiger partial charge in [0.05, 0.1) is 0 Å². The first-order chi connectivity index (χ1) is 5.25. The first-order valence-corrected chi connectivity index (χ1v) is 4.73. The number of hydrogen-bond donors (Lipinski definition) is 0. The summed E-state index contributed by atoms with van der Waals surface area (Å²) in [5.41, 5.74) is 0.690. The number of ether oxygens (including phenoxy) is 1. The van der Waals surface area contributed by atoms with E-state index in [2.05, 4.69) is 4.74 Å². The zero-order chi connectivity index (χ0) is 8.27. The Morgan fingerprint density at radius 1 is 1.42 bits per heavy atom. The standard InChI is InChI=1S/C8H7O2.HI.Zn/c1-10-8(9)7-5-3-2-4-6-7;;/h2-5H,1H3;1H;. The minimum Gasteiger partial charge on any atom is -0.107 e. The SMILES string of the molecule is COC(=O)c1cccc[c]1[Zn].I. The summed E-state index contributed by atoms with van der Waals surface area (Å²) < 4.78 is 5.67. The van der Waals surface area contributed by atoms with E-state index < -0.39 is 0 Å². The molecule has 0 aliphatic heterocycles. The van der Waals surface area contributed by atoms with Crippen LogP contribution >= 0.6 is 24.0 Å². The number of hydrogen-bond acceptors (Lipinski definition) is 2. The van der Waals surface area contributed by atoms with Gasteiger partial charge in [-0.25, -0.2) is 0 Å². The molecule has 0 unspecified atom stereocenters. The zero-order valence-corrected chi connectivity index (χ0v) is 12.0. The van der Waals surface area contributed by atoms with E-state index in [4.69, 9.17) is 0 Å². The van der Waals surface area contributed by atoms with Crippen molar-refractivity contribution >= 4 is 34.1 Å². The number of carbonyl (C=O) groups excluding carboxylic acids is 1. The predicted octanol–water partition coefficient (Wildman–Crippen LogP) is 1.26. The molecule has 0 spiro atoms. The molecule has 0 aliphatic rings. The van der Waals surface area contributed by atoms with Gasteiger partial charge in [-0.3, -0.25) is 0 Å². The molecule has 0 aromatic heterocycles. The van der Waals surface area contributed by atoms with Crippen LogP contribution in [-0.2, 0) is 23.0 Å². The van der Waals surface area contributed by atoms with E-state index >= 15 is 0 Å². The summed E-state index contributed by atoms with van der Waals surface area (Å²) in [7, 11) is 1.40. The summed E-state index contributed by atoms with van der Waals surface area (Å²) in [6.45, 7) is 0. The first-order valence-electron chi connectivity index (χ1n) is 3.25. The second-order valence-electron chi connectivity index (χ2n) is 2.15. The molecule has 0 radical (unpaired) electrons. The molecule has 61 valence electrons. The van der Waals surface area contributed by atoms with Crippen LogP contribution in [0.15, 0.2) is 24.3 Å². The average Bonchev–Trinajstić information content (AvgIpc) is 2.04. The summed E-state index contributed by atoms with van der Waals surface area (Å²) in [6, 6.07) is 7.48. The van der Waals surface area contributed by atoms with Gasteiger partial charge in [0.1, 0.15) is 0 Å². The maximum absolute atomic E-state index is 11.0.